The summed E-state index contributed by atoms with van der Waals surface area (Å²) in [5.74, 6) is 1.30. The van der Waals surface area contributed by atoms with E-state index in [0.717, 1.165) is 52.9 Å². The second kappa shape index (κ2) is 13.1. The van der Waals surface area contributed by atoms with Gasteiger partial charge in [-0.25, -0.2) is 0 Å². The molecule has 1 aliphatic rings. The van der Waals surface area contributed by atoms with Gasteiger partial charge in [-0.3, -0.25) is 4.79 Å². The fraction of sp³-hybridized carbons (Fsp3) is 0.323. The number of hydrogen-bond acceptors (Lipinski definition) is 5. The maximum absolute atomic E-state index is 14.1. The summed E-state index contributed by atoms with van der Waals surface area (Å²) in [5.41, 5.74) is 6.02. The number of benzene rings is 3. The highest BCUT2D eigenvalue weighted by molar-refractivity contribution is 6.11. The van der Waals surface area contributed by atoms with Crippen molar-refractivity contribution in [2.24, 2.45) is 0 Å². The number of likely N-dealkylation sites (N-methyl/N-ethyl adjacent to an activating group) is 1. The molecule has 4 rings (SSSR count). The van der Waals surface area contributed by atoms with Crippen molar-refractivity contribution in [3.63, 3.8) is 0 Å². The van der Waals surface area contributed by atoms with Crippen LogP contribution in [0.5, 0.6) is 11.5 Å². The Labute approximate surface area is 219 Å². The molecule has 0 aromatic heterocycles. The van der Waals surface area contributed by atoms with Gasteiger partial charge in [0.1, 0.15) is 11.5 Å². The molecule has 0 bridgehead atoms. The lowest BCUT2D eigenvalue weighted by molar-refractivity contribution is -0.115. The molecule has 6 heteroatoms. The van der Waals surface area contributed by atoms with Crippen molar-refractivity contribution in [1.82, 2.24) is 5.32 Å². The van der Waals surface area contributed by atoms with Crippen LogP contribution in [0.15, 0.2) is 78.4 Å². The number of hydrogen-bond donors (Lipinski definition) is 1. The molecule has 0 saturated heterocycles. The molecule has 194 valence electrons. The van der Waals surface area contributed by atoms with Crippen LogP contribution in [-0.4, -0.2) is 53.0 Å². The lowest BCUT2D eigenvalue weighted by Crippen LogP contribution is -2.38. The van der Waals surface area contributed by atoms with Gasteiger partial charge in [0.2, 0.25) is 0 Å². The van der Waals surface area contributed by atoms with Gasteiger partial charge < -0.3 is 24.4 Å². The van der Waals surface area contributed by atoms with Crippen LogP contribution in [0, 0.1) is 0 Å². The molecule has 1 heterocycles. The van der Waals surface area contributed by atoms with Crippen LogP contribution in [0.4, 0.5) is 5.69 Å². The van der Waals surface area contributed by atoms with Crippen molar-refractivity contribution < 1.29 is 19.0 Å². The zero-order valence-electron chi connectivity index (χ0n) is 22.0. The second-order valence-electron chi connectivity index (χ2n) is 8.91. The summed E-state index contributed by atoms with van der Waals surface area (Å²) in [6.07, 6.45) is 1.55. The van der Waals surface area contributed by atoms with E-state index in [9.17, 15) is 4.79 Å². The monoisotopic (exact) mass is 500 g/mol. The average Bonchev–Trinajstić information content (AvgIpc) is 2.96. The Bertz CT molecular complexity index is 1220. The van der Waals surface area contributed by atoms with Crippen molar-refractivity contribution in [1.29, 1.82) is 0 Å². The van der Waals surface area contributed by atoms with Gasteiger partial charge in [0, 0.05) is 44.9 Å². The predicted octanol–water partition coefficient (Wildman–Crippen LogP) is 5.58. The lowest BCUT2D eigenvalue weighted by Gasteiger charge is -2.29. The SMILES string of the molecule is CCN(C(=O)C1=C(c2cccc(-c3ccccc3)c2)CCNC1)c1ccc(OC)cc1OCCCOC. The van der Waals surface area contributed by atoms with E-state index >= 15 is 0 Å². The van der Waals surface area contributed by atoms with Crippen LogP contribution in [0.25, 0.3) is 16.7 Å². The first-order valence-corrected chi connectivity index (χ1v) is 12.9. The number of nitrogens with zero attached hydrogens (tertiary/aromatic N) is 1. The molecule has 3 aromatic carbocycles. The van der Waals surface area contributed by atoms with Gasteiger partial charge in [-0.1, -0.05) is 48.5 Å². The minimum Gasteiger partial charge on any atom is -0.497 e. The van der Waals surface area contributed by atoms with Crippen molar-refractivity contribution in [3.8, 4) is 22.6 Å². The van der Waals surface area contributed by atoms with Crippen LogP contribution in [-0.2, 0) is 9.53 Å². The number of ether oxygens (including phenoxy) is 3. The number of rotatable bonds is 11. The average molecular weight is 501 g/mol. The first kappa shape index (κ1) is 26.5. The third kappa shape index (κ3) is 6.40. The van der Waals surface area contributed by atoms with Gasteiger partial charge in [-0.15, -0.1) is 0 Å². The number of carbonyl (C=O) groups excluding carboxylic acids is 1. The zero-order valence-corrected chi connectivity index (χ0v) is 22.0. The van der Waals surface area contributed by atoms with Crippen LogP contribution in [0.2, 0.25) is 0 Å². The Kier molecular flexibility index (Phi) is 9.35. The Morgan fingerprint density at radius 2 is 1.70 bits per heavy atom. The van der Waals surface area contributed by atoms with Crippen molar-refractivity contribution >= 4 is 17.2 Å². The van der Waals surface area contributed by atoms with Gasteiger partial charge in [0.15, 0.2) is 0 Å². The topological polar surface area (TPSA) is 60.0 Å². The molecule has 0 atom stereocenters. The fourth-order valence-electron chi connectivity index (χ4n) is 4.66. The van der Waals surface area contributed by atoms with E-state index in [-0.39, 0.29) is 5.91 Å². The van der Waals surface area contributed by atoms with E-state index in [1.165, 1.54) is 0 Å². The van der Waals surface area contributed by atoms with Crippen molar-refractivity contribution in [2.75, 3.05) is 52.0 Å². The maximum atomic E-state index is 14.1. The summed E-state index contributed by atoms with van der Waals surface area (Å²) in [6, 6.07) is 24.4. The molecule has 0 aliphatic carbocycles. The van der Waals surface area contributed by atoms with Crippen LogP contribution >= 0.6 is 0 Å². The van der Waals surface area contributed by atoms with Crippen LogP contribution < -0.4 is 19.7 Å². The Hall–Kier alpha value is -3.61. The number of methoxy groups -OCH3 is 2. The third-order valence-electron chi connectivity index (χ3n) is 6.56. The molecule has 6 nitrogen and oxygen atoms in total. The smallest absolute Gasteiger partial charge is 0.255 e. The van der Waals surface area contributed by atoms with E-state index in [0.29, 0.717) is 37.8 Å². The molecule has 1 aliphatic heterocycles. The summed E-state index contributed by atoms with van der Waals surface area (Å²) in [7, 11) is 3.30. The highest BCUT2D eigenvalue weighted by atomic mass is 16.5. The summed E-state index contributed by atoms with van der Waals surface area (Å²) >= 11 is 0. The molecule has 0 saturated carbocycles. The molecular formula is C31H36N2O4. The molecular weight excluding hydrogens is 464 g/mol. The Balaban J connectivity index is 1.69. The minimum atomic E-state index is -0.0123. The first-order valence-electron chi connectivity index (χ1n) is 12.9. The maximum Gasteiger partial charge on any atom is 0.255 e. The molecule has 0 radical (unpaired) electrons. The quantitative estimate of drug-likeness (QED) is 0.349. The zero-order chi connectivity index (χ0) is 26.0. The predicted molar refractivity (Wildman–Crippen MR) is 149 cm³/mol. The van der Waals surface area contributed by atoms with E-state index in [2.05, 4.69) is 41.7 Å². The number of carbonyl (C=O) groups is 1. The Morgan fingerprint density at radius 1 is 0.919 bits per heavy atom. The number of amides is 1. The van der Waals surface area contributed by atoms with Crippen molar-refractivity contribution in [3.05, 3.63) is 83.9 Å². The van der Waals surface area contributed by atoms with Crippen LogP contribution in [0.1, 0.15) is 25.3 Å². The lowest BCUT2D eigenvalue weighted by atomic mass is 9.91. The number of nitrogens with one attached hydrogen (secondary N) is 1. The highest BCUT2D eigenvalue weighted by Crippen LogP contribution is 2.35. The fourth-order valence-corrected chi connectivity index (χ4v) is 4.66. The summed E-state index contributed by atoms with van der Waals surface area (Å²) < 4.78 is 16.7. The number of anilines is 1. The van der Waals surface area contributed by atoms with Gasteiger partial charge in [0.05, 0.1) is 19.4 Å². The highest BCUT2D eigenvalue weighted by Gasteiger charge is 2.27. The summed E-state index contributed by atoms with van der Waals surface area (Å²) in [6.45, 7) is 4.97. The molecule has 1 amide bonds. The molecule has 1 N–H and O–H groups in total. The normalized spacial score (nSPS) is 13.4. The van der Waals surface area contributed by atoms with Gasteiger partial charge >= 0.3 is 0 Å². The molecule has 0 unspecified atom stereocenters. The van der Waals surface area contributed by atoms with E-state index in [4.69, 9.17) is 14.2 Å². The molecule has 0 spiro atoms. The van der Waals surface area contributed by atoms with Crippen molar-refractivity contribution in [2.45, 2.75) is 19.8 Å². The van der Waals surface area contributed by atoms with Crippen LogP contribution in [0.3, 0.4) is 0 Å². The minimum absolute atomic E-state index is 0.0123. The van der Waals surface area contributed by atoms with Gasteiger partial charge in [-0.05, 0) is 60.4 Å². The van der Waals surface area contributed by atoms with E-state index in [1.807, 2.05) is 43.3 Å². The summed E-state index contributed by atoms with van der Waals surface area (Å²) in [4.78, 5) is 15.9. The van der Waals surface area contributed by atoms with Gasteiger partial charge in [-0.2, -0.15) is 0 Å². The first-order chi connectivity index (χ1) is 18.2. The largest absolute Gasteiger partial charge is 0.497 e. The molecule has 3 aromatic rings. The molecule has 0 fully saturated rings. The Morgan fingerprint density at radius 3 is 2.46 bits per heavy atom. The van der Waals surface area contributed by atoms with E-state index < -0.39 is 0 Å². The second-order valence-corrected chi connectivity index (χ2v) is 8.91. The third-order valence-corrected chi connectivity index (χ3v) is 6.56. The standard InChI is InChI=1S/C31H36N2O4/c1-4-33(29-15-14-26(36-3)21-30(29)37-19-9-18-35-2)31(34)28-22-32-17-16-27(28)25-13-8-12-24(20-25)23-10-6-5-7-11-23/h5-8,10-15,20-21,32H,4,9,16-19,22H2,1-3H3. The molecule has 37 heavy (non-hydrogen) atoms. The van der Waals surface area contributed by atoms with Gasteiger partial charge in [0.25, 0.3) is 5.91 Å². The summed E-state index contributed by atoms with van der Waals surface area (Å²) in [5, 5.41) is 3.40. The van der Waals surface area contributed by atoms with E-state index in [1.54, 1.807) is 19.1 Å².